The molecule has 3 N–H and O–H groups in total. The fraction of sp³-hybridized carbons (Fsp3) is 0.333. The molecular formula is C9H13FN2O3S. The summed E-state index contributed by atoms with van der Waals surface area (Å²) in [5.41, 5.74) is 4.98. The van der Waals surface area contributed by atoms with E-state index >= 15 is 0 Å². The molecule has 0 aliphatic rings. The number of benzene rings is 1. The van der Waals surface area contributed by atoms with Crippen LogP contribution in [0.3, 0.4) is 0 Å². The normalized spacial score (nSPS) is 11.2. The van der Waals surface area contributed by atoms with Gasteiger partial charge in [-0.15, -0.1) is 0 Å². The topological polar surface area (TPSA) is 81.4 Å². The molecule has 0 aliphatic carbocycles. The van der Waals surface area contributed by atoms with Crippen molar-refractivity contribution in [3.8, 4) is 5.75 Å². The van der Waals surface area contributed by atoms with E-state index in [2.05, 4.69) is 4.72 Å². The Labute approximate surface area is 93.5 Å². The second-order valence-electron chi connectivity index (χ2n) is 3.06. The molecule has 1 aromatic rings. The smallest absolute Gasteiger partial charge is 0.234 e. The fourth-order valence-corrected chi connectivity index (χ4v) is 1.99. The van der Waals surface area contributed by atoms with E-state index in [1.54, 1.807) is 0 Å². The van der Waals surface area contributed by atoms with Gasteiger partial charge in [-0.25, -0.2) is 12.8 Å². The van der Waals surface area contributed by atoms with Crippen LogP contribution < -0.4 is 15.2 Å². The first kappa shape index (κ1) is 12.7. The summed E-state index contributed by atoms with van der Waals surface area (Å²) in [4.78, 5) is 0. The van der Waals surface area contributed by atoms with Gasteiger partial charge in [-0.1, -0.05) is 0 Å². The zero-order chi connectivity index (χ0) is 12.2. The van der Waals surface area contributed by atoms with Gasteiger partial charge in [0.05, 0.1) is 18.6 Å². The summed E-state index contributed by atoms with van der Waals surface area (Å²) < 4.78 is 42.9. The number of nitrogens with one attached hydrogen (secondary N) is 1. The first-order valence-electron chi connectivity index (χ1n) is 4.52. The molecule has 1 rings (SSSR count). The number of hydrogen-bond donors (Lipinski definition) is 2. The van der Waals surface area contributed by atoms with Gasteiger partial charge in [0.2, 0.25) is 10.0 Å². The van der Waals surface area contributed by atoms with Crippen molar-refractivity contribution in [2.45, 2.75) is 0 Å². The van der Waals surface area contributed by atoms with Gasteiger partial charge in [0.25, 0.3) is 0 Å². The number of rotatable bonds is 5. The maximum atomic E-state index is 13.3. The first-order chi connectivity index (χ1) is 7.48. The van der Waals surface area contributed by atoms with Gasteiger partial charge in [-0.2, -0.15) is 0 Å². The van der Waals surface area contributed by atoms with Crippen LogP contribution in [0.4, 0.5) is 10.1 Å². The molecule has 5 nitrogen and oxygen atoms in total. The summed E-state index contributed by atoms with van der Waals surface area (Å²) >= 11 is 0. The van der Waals surface area contributed by atoms with Gasteiger partial charge in [-0.05, 0) is 12.1 Å². The summed E-state index contributed by atoms with van der Waals surface area (Å²) in [6.45, 7) is -0.0269. The summed E-state index contributed by atoms with van der Waals surface area (Å²) in [6.07, 6.45) is 0. The Kier molecular flexibility index (Phi) is 4.08. The van der Waals surface area contributed by atoms with Crippen LogP contribution in [0.1, 0.15) is 0 Å². The second-order valence-corrected chi connectivity index (χ2v) is 4.90. The Morgan fingerprint density at radius 2 is 2.19 bits per heavy atom. The molecule has 0 aromatic heterocycles. The summed E-state index contributed by atoms with van der Waals surface area (Å²) in [6, 6.07) is 3.79. The molecule has 7 heteroatoms. The molecule has 0 bridgehead atoms. The SMILES string of the molecule is COc1ccc(F)c(NS(=O)(=O)CCN)c1. The molecule has 0 radical (unpaired) electrons. The van der Waals surface area contributed by atoms with Crippen molar-refractivity contribution in [2.24, 2.45) is 5.73 Å². The number of anilines is 1. The summed E-state index contributed by atoms with van der Waals surface area (Å²) in [5, 5.41) is 0. The average Bonchev–Trinajstić information content (AvgIpc) is 2.21. The van der Waals surface area contributed by atoms with Crippen LogP contribution in [0.15, 0.2) is 18.2 Å². The van der Waals surface area contributed by atoms with Crippen molar-refractivity contribution >= 4 is 15.7 Å². The van der Waals surface area contributed by atoms with E-state index < -0.39 is 15.8 Å². The third-order valence-corrected chi connectivity index (χ3v) is 3.13. The van der Waals surface area contributed by atoms with Gasteiger partial charge < -0.3 is 10.5 Å². The van der Waals surface area contributed by atoms with Crippen LogP contribution >= 0.6 is 0 Å². The molecule has 0 heterocycles. The maximum absolute atomic E-state index is 13.3. The molecule has 0 amide bonds. The van der Waals surface area contributed by atoms with E-state index in [1.807, 2.05) is 0 Å². The molecule has 90 valence electrons. The molecule has 1 aromatic carbocycles. The van der Waals surface area contributed by atoms with E-state index in [4.69, 9.17) is 10.5 Å². The van der Waals surface area contributed by atoms with Crippen molar-refractivity contribution < 1.29 is 17.5 Å². The molecule has 0 saturated heterocycles. The van der Waals surface area contributed by atoms with E-state index in [0.29, 0.717) is 5.75 Å². The molecule has 0 unspecified atom stereocenters. The zero-order valence-electron chi connectivity index (χ0n) is 8.73. The van der Waals surface area contributed by atoms with Crippen molar-refractivity contribution in [3.05, 3.63) is 24.0 Å². The third kappa shape index (κ3) is 3.35. The van der Waals surface area contributed by atoms with Crippen molar-refractivity contribution in [1.82, 2.24) is 0 Å². The van der Waals surface area contributed by atoms with E-state index in [1.165, 1.54) is 19.2 Å². The van der Waals surface area contributed by atoms with Crippen LogP contribution in [-0.4, -0.2) is 27.8 Å². The lowest BCUT2D eigenvalue weighted by Gasteiger charge is -2.09. The molecule has 0 saturated carbocycles. The number of ether oxygens (including phenoxy) is 1. The first-order valence-corrected chi connectivity index (χ1v) is 6.18. The highest BCUT2D eigenvalue weighted by Gasteiger charge is 2.12. The fourth-order valence-electron chi connectivity index (χ4n) is 1.08. The van der Waals surface area contributed by atoms with Crippen molar-refractivity contribution in [1.29, 1.82) is 0 Å². The minimum atomic E-state index is -3.60. The standard InChI is InChI=1S/C9H13FN2O3S/c1-15-7-2-3-8(10)9(6-7)12-16(13,14)5-4-11/h2-3,6,12H,4-5,11H2,1H3. The van der Waals surface area contributed by atoms with Crippen LogP contribution in [0.25, 0.3) is 0 Å². The van der Waals surface area contributed by atoms with Crippen LogP contribution in [0.2, 0.25) is 0 Å². The number of halogens is 1. The predicted octanol–water partition coefficient (Wildman–Crippen LogP) is 0.535. The maximum Gasteiger partial charge on any atom is 0.234 e. The van der Waals surface area contributed by atoms with Crippen LogP contribution in [0.5, 0.6) is 5.75 Å². The Balaban J connectivity index is 2.96. The van der Waals surface area contributed by atoms with Gasteiger partial charge in [0, 0.05) is 12.6 Å². The minimum absolute atomic E-state index is 0.0269. The highest BCUT2D eigenvalue weighted by atomic mass is 32.2. The monoisotopic (exact) mass is 248 g/mol. The highest BCUT2D eigenvalue weighted by Crippen LogP contribution is 2.21. The Bertz CT molecular complexity index is 462. The second kappa shape index (κ2) is 5.13. The van der Waals surface area contributed by atoms with E-state index in [-0.39, 0.29) is 18.0 Å². The zero-order valence-corrected chi connectivity index (χ0v) is 9.55. The number of nitrogens with two attached hydrogens (primary N) is 1. The van der Waals surface area contributed by atoms with Gasteiger partial charge in [0.15, 0.2) is 0 Å². The third-order valence-electron chi connectivity index (χ3n) is 1.83. The van der Waals surface area contributed by atoms with Crippen molar-refractivity contribution in [2.75, 3.05) is 24.1 Å². The molecule has 0 aliphatic heterocycles. The minimum Gasteiger partial charge on any atom is -0.497 e. The van der Waals surface area contributed by atoms with Gasteiger partial charge in [-0.3, -0.25) is 4.72 Å². The largest absolute Gasteiger partial charge is 0.497 e. The quantitative estimate of drug-likeness (QED) is 0.796. The Morgan fingerprint density at radius 1 is 1.50 bits per heavy atom. The summed E-state index contributed by atoms with van der Waals surface area (Å²) in [7, 11) is -2.19. The number of sulfonamides is 1. The molecule has 0 atom stereocenters. The van der Waals surface area contributed by atoms with Crippen LogP contribution in [0, 0.1) is 5.82 Å². The number of hydrogen-bond acceptors (Lipinski definition) is 4. The Morgan fingerprint density at radius 3 is 2.75 bits per heavy atom. The summed E-state index contributed by atoms with van der Waals surface area (Å²) in [5.74, 6) is -0.558. The Hall–Kier alpha value is -1.34. The highest BCUT2D eigenvalue weighted by molar-refractivity contribution is 7.92. The average molecular weight is 248 g/mol. The van der Waals surface area contributed by atoms with Gasteiger partial charge >= 0.3 is 0 Å². The predicted molar refractivity (Wildman–Crippen MR) is 59.4 cm³/mol. The molecule has 0 fully saturated rings. The lowest BCUT2D eigenvalue weighted by molar-refractivity contribution is 0.414. The van der Waals surface area contributed by atoms with E-state index in [0.717, 1.165) is 6.07 Å². The molecule has 0 spiro atoms. The van der Waals surface area contributed by atoms with E-state index in [9.17, 15) is 12.8 Å². The van der Waals surface area contributed by atoms with Crippen molar-refractivity contribution in [3.63, 3.8) is 0 Å². The lowest BCUT2D eigenvalue weighted by atomic mass is 10.3. The lowest BCUT2D eigenvalue weighted by Crippen LogP contribution is -2.22. The van der Waals surface area contributed by atoms with Gasteiger partial charge in [0.1, 0.15) is 11.6 Å². The number of methoxy groups -OCH3 is 1. The van der Waals surface area contributed by atoms with Crippen LogP contribution in [-0.2, 0) is 10.0 Å². The molecular weight excluding hydrogens is 235 g/mol. The molecule has 16 heavy (non-hydrogen) atoms.